The number of sulfonamides is 1. The van der Waals surface area contributed by atoms with Gasteiger partial charge in [-0.05, 0) is 30.4 Å². The van der Waals surface area contributed by atoms with E-state index in [1.165, 1.54) is 0 Å². The van der Waals surface area contributed by atoms with Gasteiger partial charge in [0.1, 0.15) is 0 Å². The predicted octanol–water partition coefficient (Wildman–Crippen LogP) is 2.33. The highest BCUT2D eigenvalue weighted by molar-refractivity contribution is 7.89. The van der Waals surface area contributed by atoms with Crippen LogP contribution in [-0.4, -0.2) is 26.5 Å². The summed E-state index contributed by atoms with van der Waals surface area (Å²) in [4.78, 5) is 3.31. The first-order valence-electron chi connectivity index (χ1n) is 7.65. The van der Waals surface area contributed by atoms with Crippen molar-refractivity contribution in [2.75, 3.05) is 13.1 Å². The van der Waals surface area contributed by atoms with Crippen LogP contribution in [0.4, 0.5) is 0 Å². The summed E-state index contributed by atoms with van der Waals surface area (Å²) >= 11 is 0. The van der Waals surface area contributed by atoms with Crippen molar-refractivity contribution in [3.8, 4) is 0 Å². The zero-order valence-corrected chi connectivity index (χ0v) is 14.5. The molecule has 5 nitrogen and oxygen atoms in total. The van der Waals surface area contributed by atoms with E-state index in [4.69, 9.17) is 0 Å². The van der Waals surface area contributed by atoms with Gasteiger partial charge >= 0.3 is 0 Å². The van der Waals surface area contributed by atoms with Crippen LogP contribution >= 0.6 is 0 Å². The number of aromatic amines is 1. The first-order chi connectivity index (χ1) is 9.77. The van der Waals surface area contributed by atoms with E-state index in [0.717, 1.165) is 12.2 Å². The maximum Gasteiger partial charge on any atom is 0.242 e. The average molecular weight is 315 g/mol. The van der Waals surface area contributed by atoms with Crippen molar-refractivity contribution in [1.82, 2.24) is 15.0 Å². The summed E-state index contributed by atoms with van der Waals surface area (Å²) in [6.45, 7) is 12.5. The minimum Gasteiger partial charge on any atom is -0.363 e. The van der Waals surface area contributed by atoms with E-state index in [1.807, 2.05) is 6.92 Å². The molecule has 0 bridgehead atoms. The van der Waals surface area contributed by atoms with Gasteiger partial charge in [-0.1, -0.05) is 34.6 Å². The maximum absolute atomic E-state index is 12.3. The Morgan fingerprint density at radius 2 is 1.81 bits per heavy atom. The van der Waals surface area contributed by atoms with Crippen LogP contribution in [0, 0.1) is 17.8 Å². The molecule has 0 fully saturated rings. The highest BCUT2D eigenvalue weighted by Crippen LogP contribution is 2.20. The Balaban J connectivity index is 2.70. The van der Waals surface area contributed by atoms with Crippen LogP contribution in [0.3, 0.4) is 0 Å². The van der Waals surface area contributed by atoms with E-state index < -0.39 is 10.0 Å². The molecule has 1 heterocycles. The number of nitrogens with one attached hydrogen (secondary N) is 3. The number of H-pyrrole nitrogens is 1. The van der Waals surface area contributed by atoms with E-state index in [1.54, 1.807) is 12.3 Å². The van der Waals surface area contributed by atoms with Crippen molar-refractivity contribution in [1.29, 1.82) is 0 Å². The molecule has 0 unspecified atom stereocenters. The number of hydrogen-bond donors (Lipinski definition) is 3. The highest BCUT2D eigenvalue weighted by Gasteiger charge is 2.22. The van der Waals surface area contributed by atoms with Crippen molar-refractivity contribution in [2.45, 2.75) is 46.1 Å². The lowest BCUT2D eigenvalue weighted by atomic mass is 9.86. The SMILES string of the molecule is CCNCc1cc(S(=O)(=O)NCC(C(C)C)C(C)C)c[nH]1. The van der Waals surface area contributed by atoms with Crippen molar-refractivity contribution >= 4 is 10.0 Å². The summed E-state index contributed by atoms with van der Waals surface area (Å²) in [7, 11) is -3.44. The fourth-order valence-corrected chi connectivity index (χ4v) is 3.56. The number of hydrogen-bond acceptors (Lipinski definition) is 3. The Morgan fingerprint density at radius 1 is 1.19 bits per heavy atom. The van der Waals surface area contributed by atoms with Gasteiger partial charge in [0.15, 0.2) is 0 Å². The largest absolute Gasteiger partial charge is 0.363 e. The molecule has 0 aromatic carbocycles. The molecule has 21 heavy (non-hydrogen) atoms. The molecular formula is C15H29N3O2S. The fourth-order valence-electron chi connectivity index (χ4n) is 2.47. The average Bonchev–Trinajstić information content (AvgIpc) is 2.85. The first-order valence-corrected chi connectivity index (χ1v) is 9.14. The summed E-state index contributed by atoms with van der Waals surface area (Å²) in [5.41, 5.74) is 0.876. The molecule has 6 heteroatoms. The molecule has 1 aromatic heterocycles. The third-order valence-corrected chi connectivity index (χ3v) is 5.22. The van der Waals surface area contributed by atoms with Crippen molar-refractivity contribution in [2.24, 2.45) is 17.8 Å². The molecule has 3 N–H and O–H groups in total. The molecule has 0 spiro atoms. The summed E-state index contributed by atoms with van der Waals surface area (Å²) in [5, 5.41) is 3.16. The number of aromatic nitrogens is 1. The van der Waals surface area contributed by atoms with Crippen LogP contribution in [0.5, 0.6) is 0 Å². The standard InChI is InChI=1S/C15H29N3O2S/c1-6-16-8-13-7-14(9-17-13)21(19,20)18-10-15(11(2)3)12(4)5/h7,9,11-12,15-18H,6,8,10H2,1-5H3. The van der Waals surface area contributed by atoms with Gasteiger partial charge < -0.3 is 10.3 Å². The first kappa shape index (κ1) is 18.2. The Hall–Kier alpha value is -0.850. The molecule has 1 rings (SSSR count). The quantitative estimate of drug-likeness (QED) is 0.655. The molecule has 0 radical (unpaired) electrons. The Kier molecular flexibility index (Phi) is 6.90. The zero-order valence-electron chi connectivity index (χ0n) is 13.7. The van der Waals surface area contributed by atoms with Gasteiger partial charge in [0.05, 0.1) is 4.90 Å². The monoisotopic (exact) mass is 315 g/mol. The molecule has 122 valence electrons. The van der Waals surface area contributed by atoms with Gasteiger partial charge in [0.2, 0.25) is 10.0 Å². The minimum atomic E-state index is -3.44. The molecule has 0 aliphatic rings. The Labute approximate surface area is 129 Å². The molecule has 1 aromatic rings. The van der Waals surface area contributed by atoms with Crippen LogP contribution in [0.1, 0.15) is 40.3 Å². The van der Waals surface area contributed by atoms with E-state index in [9.17, 15) is 8.42 Å². The van der Waals surface area contributed by atoms with Gasteiger partial charge in [0.25, 0.3) is 0 Å². The normalized spacial score (nSPS) is 12.8. The van der Waals surface area contributed by atoms with Gasteiger partial charge in [-0.3, -0.25) is 0 Å². The van der Waals surface area contributed by atoms with Crippen LogP contribution in [0.25, 0.3) is 0 Å². The second-order valence-corrected chi connectivity index (χ2v) is 7.91. The van der Waals surface area contributed by atoms with Crippen LogP contribution < -0.4 is 10.0 Å². The lowest BCUT2D eigenvalue weighted by Gasteiger charge is -2.24. The molecule has 0 saturated heterocycles. The zero-order chi connectivity index (χ0) is 16.0. The van der Waals surface area contributed by atoms with Gasteiger partial charge in [0, 0.05) is 25.0 Å². The molecule has 0 aliphatic carbocycles. The third-order valence-electron chi connectivity index (χ3n) is 3.81. The molecule has 0 saturated carbocycles. The van der Waals surface area contributed by atoms with Crippen LogP contribution in [-0.2, 0) is 16.6 Å². The van der Waals surface area contributed by atoms with Crippen LogP contribution in [0.15, 0.2) is 17.2 Å². The van der Waals surface area contributed by atoms with Crippen LogP contribution in [0.2, 0.25) is 0 Å². The molecule has 0 amide bonds. The Morgan fingerprint density at radius 3 is 2.33 bits per heavy atom. The van der Waals surface area contributed by atoms with Gasteiger partial charge in [-0.15, -0.1) is 0 Å². The lowest BCUT2D eigenvalue weighted by molar-refractivity contribution is 0.289. The minimum absolute atomic E-state index is 0.307. The van der Waals surface area contributed by atoms with Crippen molar-refractivity contribution < 1.29 is 8.42 Å². The summed E-state index contributed by atoms with van der Waals surface area (Å²) in [6, 6.07) is 1.69. The number of rotatable bonds is 9. The molecule has 0 aliphatic heterocycles. The summed E-state index contributed by atoms with van der Waals surface area (Å²) in [5.74, 6) is 1.23. The molecular weight excluding hydrogens is 286 g/mol. The second-order valence-electron chi connectivity index (χ2n) is 6.14. The van der Waals surface area contributed by atoms with Gasteiger partial charge in [-0.2, -0.15) is 0 Å². The topological polar surface area (TPSA) is 74.0 Å². The van der Waals surface area contributed by atoms with E-state index >= 15 is 0 Å². The van der Waals surface area contributed by atoms with Crippen molar-refractivity contribution in [3.63, 3.8) is 0 Å². The van der Waals surface area contributed by atoms with E-state index in [0.29, 0.717) is 35.7 Å². The molecule has 0 atom stereocenters. The summed E-state index contributed by atoms with van der Waals surface area (Å²) in [6.07, 6.45) is 1.55. The maximum atomic E-state index is 12.3. The predicted molar refractivity (Wildman–Crippen MR) is 86.5 cm³/mol. The van der Waals surface area contributed by atoms with Crippen molar-refractivity contribution in [3.05, 3.63) is 18.0 Å². The van der Waals surface area contributed by atoms with Gasteiger partial charge in [-0.25, -0.2) is 13.1 Å². The smallest absolute Gasteiger partial charge is 0.242 e. The van der Waals surface area contributed by atoms with E-state index in [-0.39, 0.29) is 0 Å². The highest BCUT2D eigenvalue weighted by atomic mass is 32.2. The summed E-state index contributed by atoms with van der Waals surface area (Å²) < 4.78 is 27.4. The Bertz CT molecular complexity index is 513. The lowest BCUT2D eigenvalue weighted by Crippen LogP contribution is -2.33. The fraction of sp³-hybridized carbons (Fsp3) is 0.733. The second kappa shape index (κ2) is 7.96. The van der Waals surface area contributed by atoms with E-state index in [2.05, 4.69) is 42.7 Å². The third kappa shape index (κ3) is 5.45.